The number of aliphatic carboxylic acids is 1. The zero-order chi connectivity index (χ0) is 12.8. The molecule has 0 bridgehead atoms. The maximum absolute atomic E-state index is 11.7. The summed E-state index contributed by atoms with van der Waals surface area (Å²) in [5.41, 5.74) is 5.46. The second kappa shape index (κ2) is 6.56. The molecule has 0 spiro atoms. The molecule has 0 saturated carbocycles. The van der Waals surface area contributed by atoms with Crippen molar-refractivity contribution in [3.8, 4) is 0 Å². The molecule has 1 rings (SSSR count). The van der Waals surface area contributed by atoms with E-state index in [1.807, 2.05) is 0 Å². The minimum Gasteiger partial charge on any atom is -0.481 e. The van der Waals surface area contributed by atoms with Crippen molar-refractivity contribution in [1.82, 2.24) is 5.32 Å². The van der Waals surface area contributed by atoms with Gasteiger partial charge in [-0.25, -0.2) is 0 Å². The minimum atomic E-state index is -0.855. The number of rotatable bonds is 6. The van der Waals surface area contributed by atoms with Gasteiger partial charge in [-0.15, -0.1) is 0 Å². The van der Waals surface area contributed by atoms with Crippen LogP contribution in [0.2, 0.25) is 0 Å². The predicted molar refractivity (Wildman–Crippen MR) is 61.4 cm³/mol. The number of amides is 1. The maximum Gasteiger partial charge on any atom is 0.303 e. The molecule has 1 amide bonds. The molecule has 1 saturated heterocycles. The molecular formula is C11H20N2O4. The largest absolute Gasteiger partial charge is 0.481 e. The van der Waals surface area contributed by atoms with Gasteiger partial charge in [0.1, 0.15) is 6.10 Å². The zero-order valence-electron chi connectivity index (χ0n) is 10.0. The number of carbonyl (C=O) groups excluding carboxylic acids is 1. The van der Waals surface area contributed by atoms with Crippen LogP contribution in [-0.4, -0.2) is 41.8 Å². The summed E-state index contributed by atoms with van der Waals surface area (Å²) in [7, 11) is 0. The molecule has 1 fully saturated rings. The van der Waals surface area contributed by atoms with Crippen LogP contribution in [0.1, 0.15) is 32.6 Å². The molecule has 98 valence electrons. The van der Waals surface area contributed by atoms with Crippen LogP contribution in [-0.2, 0) is 14.3 Å². The molecule has 1 aliphatic rings. The average molecular weight is 244 g/mol. The quantitative estimate of drug-likeness (QED) is 0.603. The van der Waals surface area contributed by atoms with E-state index in [1.165, 1.54) is 0 Å². The Balaban J connectivity index is 2.27. The van der Waals surface area contributed by atoms with Gasteiger partial charge in [-0.1, -0.05) is 0 Å². The van der Waals surface area contributed by atoms with E-state index in [1.54, 1.807) is 6.92 Å². The lowest BCUT2D eigenvalue weighted by Crippen LogP contribution is -2.40. The number of hydrogen-bond acceptors (Lipinski definition) is 4. The van der Waals surface area contributed by atoms with Crippen molar-refractivity contribution in [2.45, 2.75) is 50.9 Å². The van der Waals surface area contributed by atoms with E-state index in [0.29, 0.717) is 19.4 Å². The van der Waals surface area contributed by atoms with Gasteiger partial charge >= 0.3 is 5.97 Å². The van der Waals surface area contributed by atoms with Crippen LogP contribution in [0.5, 0.6) is 0 Å². The Hall–Kier alpha value is -1.14. The van der Waals surface area contributed by atoms with Crippen LogP contribution < -0.4 is 11.1 Å². The SMILES string of the molecule is CC(CCC(=O)O)NC(=O)C1CCC(CN)O1. The lowest BCUT2D eigenvalue weighted by Gasteiger charge is -2.17. The molecule has 3 unspecified atom stereocenters. The number of ether oxygens (including phenoxy) is 1. The number of carboxylic acids is 1. The molecule has 1 aliphatic heterocycles. The number of nitrogens with two attached hydrogens (primary N) is 1. The molecule has 1 heterocycles. The highest BCUT2D eigenvalue weighted by molar-refractivity contribution is 5.81. The van der Waals surface area contributed by atoms with Crippen LogP contribution in [0.25, 0.3) is 0 Å². The highest BCUT2D eigenvalue weighted by atomic mass is 16.5. The lowest BCUT2D eigenvalue weighted by molar-refractivity contribution is -0.138. The monoisotopic (exact) mass is 244 g/mol. The molecule has 0 radical (unpaired) electrons. The minimum absolute atomic E-state index is 0.0277. The van der Waals surface area contributed by atoms with E-state index >= 15 is 0 Å². The standard InChI is InChI=1S/C11H20N2O4/c1-7(2-5-10(14)15)13-11(16)9-4-3-8(6-12)17-9/h7-9H,2-6,12H2,1H3,(H,13,16)(H,14,15). The van der Waals surface area contributed by atoms with Crippen molar-refractivity contribution in [3.63, 3.8) is 0 Å². The van der Waals surface area contributed by atoms with E-state index in [2.05, 4.69) is 5.32 Å². The summed E-state index contributed by atoms with van der Waals surface area (Å²) in [4.78, 5) is 22.1. The molecule has 4 N–H and O–H groups in total. The molecule has 0 aromatic carbocycles. The molecule has 6 heteroatoms. The fraction of sp³-hybridized carbons (Fsp3) is 0.818. The van der Waals surface area contributed by atoms with Gasteiger partial charge < -0.3 is 20.9 Å². The van der Waals surface area contributed by atoms with Crippen LogP contribution in [0.3, 0.4) is 0 Å². The maximum atomic E-state index is 11.7. The van der Waals surface area contributed by atoms with Crippen molar-refractivity contribution in [3.05, 3.63) is 0 Å². The summed E-state index contributed by atoms with van der Waals surface area (Å²) < 4.78 is 5.45. The Morgan fingerprint density at radius 3 is 2.76 bits per heavy atom. The summed E-state index contributed by atoms with van der Waals surface area (Å²) in [5.74, 6) is -1.02. The summed E-state index contributed by atoms with van der Waals surface area (Å²) in [6.07, 6.45) is 1.50. The van der Waals surface area contributed by atoms with E-state index in [0.717, 1.165) is 6.42 Å². The number of nitrogens with one attached hydrogen (secondary N) is 1. The Kier molecular flexibility index (Phi) is 5.37. The second-order valence-electron chi connectivity index (χ2n) is 4.40. The first kappa shape index (κ1) is 13.9. The highest BCUT2D eigenvalue weighted by Crippen LogP contribution is 2.19. The first-order chi connectivity index (χ1) is 8.02. The zero-order valence-corrected chi connectivity index (χ0v) is 10.0. The molecule has 0 aromatic rings. The Morgan fingerprint density at radius 2 is 2.24 bits per heavy atom. The van der Waals surface area contributed by atoms with E-state index in [9.17, 15) is 9.59 Å². The van der Waals surface area contributed by atoms with Gasteiger partial charge in [0, 0.05) is 19.0 Å². The molecule has 0 aliphatic carbocycles. The van der Waals surface area contributed by atoms with Gasteiger partial charge in [-0.2, -0.15) is 0 Å². The van der Waals surface area contributed by atoms with E-state index in [-0.39, 0.29) is 24.5 Å². The van der Waals surface area contributed by atoms with Crippen molar-refractivity contribution in [1.29, 1.82) is 0 Å². The summed E-state index contributed by atoms with van der Waals surface area (Å²) in [6, 6.07) is -0.154. The van der Waals surface area contributed by atoms with Crippen LogP contribution in [0, 0.1) is 0 Å². The molecule has 0 aromatic heterocycles. The van der Waals surface area contributed by atoms with Gasteiger partial charge in [-0.05, 0) is 26.2 Å². The normalized spacial score (nSPS) is 25.5. The molecule has 3 atom stereocenters. The third kappa shape index (κ3) is 4.70. The van der Waals surface area contributed by atoms with E-state index in [4.69, 9.17) is 15.6 Å². The van der Waals surface area contributed by atoms with Crippen molar-refractivity contribution in [2.75, 3.05) is 6.54 Å². The molecule has 17 heavy (non-hydrogen) atoms. The van der Waals surface area contributed by atoms with E-state index < -0.39 is 12.1 Å². The van der Waals surface area contributed by atoms with Gasteiger partial charge in [0.25, 0.3) is 0 Å². The van der Waals surface area contributed by atoms with Crippen molar-refractivity contribution >= 4 is 11.9 Å². The van der Waals surface area contributed by atoms with Crippen LogP contribution in [0.15, 0.2) is 0 Å². The molecular weight excluding hydrogens is 224 g/mol. The van der Waals surface area contributed by atoms with Crippen molar-refractivity contribution in [2.24, 2.45) is 5.73 Å². The molecule has 6 nitrogen and oxygen atoms in total. The smallest absolute Gasteiger partial charge is 0.303 e. The second-order valence-corrected chi connectivity index (χ2v) is 4.40. The van der Waals surface area contributed by atoms with Crippen molar-refractivity contribution < 1.29 is 19.4 Å². The van der Waals surface area contributed by atoms with Gasteiger partial charge in [0.2, 0.25) is 5.91 Å². The topological polar surface area (TPSA) is 102 Å². The number of carboxylic acid groups (broad SMARTS) is 1. The lowest BCUT2D eigenvalue weighted by atomic mass is 10.1. The average Bonchev–Trinajstić information content (AvgIpc) is 2.74. The Labute approximate surface area is 101 Å². The Bertz CT molecular complexity index is 283. The first-order valence-corrected chi connectivity index (χ1v) is 5.90. The number of hydrogen-bond donors (Lipinski definition) is 3. The summed E-state index contributed by atoms with van der Waals surface area (Å²) >= 11 is 0. The van der Waals surface area contributed by atoms with Crippen LogP contribution >= 0.6 is 0 Å². The summed E-state index contributed by atoms with van der Waals surface area (Å²) in [5, 5.41) is 11.3. The Morgan fingerprint density at radius 1 is 1.53 bits per heavy atom. The highest BCUT2D eigenvalue weighted by Gasteiger charge is 2.30. The third-order valence-corrected chi connectivity index (χ3v) is 2.84. The number of carbonyl (C=O) groups is 2. The fourth-order valence-electron chi connectivity index (χ4n) is 1.82. The van der Waals surface area contributed by atoms with Crippen LogP contribution in [0.4, 0.5) is 0 Å². The van der Waals surface area contributed by atoms with Gasteiger partial charge in [0.15, 0.2) is 0 Å². The van der Waals surface area contributed by atoms with Gasteiger partial charge in [-0.3, -0.25) is 9.59 Å². The third-order valence-electron chi connectivity index (χ3n) is 2.84. The van der Waals surface area contributed by atoms with Gasteiger partial charge in [0.05, 0.1) is 6.10 Å². The fourth-order valence-corrected chi connectivity index (χ4v) is 1.82. The summed E-state index contributed by atoms with van der Waals surface area (Å²) in [6.45, 7) is 2.22. The first-order valence-electron chi connectivity index (χ1n) is 5.90. The predicted octanol–water partition coefficient (Wildman–Crippen LogP) is -0.138.